The monoisotopic (exact) mass is 462 g/mol. The van der Waals surface area contributed by atoms with Gasteiger partial charge in [0, 0.05) is 12.7 Å². The lowest BCUT2D eigenvalue weighted by molar-refractivity contribution is -0.150. The summed E-state index contributed by atoms with van der Waals surface area (Å²) in [5.74, 6) is 3.03. The van der Waals surface area contributed by atoms with Crippen molar-refractivity contribution in [1.29, 1.82) is 0 Å². The molecule has 5 nitrogen and oxygen atoms in total. The molecule has 0 aliphatic heterocycles. The van der Waals surface area contributed by atoms with Crippen molar-refractivity contribution in [3.63, 3.8) is 0 Å². The topological polar surface area (TPSA) is 54.0 Å². The summed E-state index contributed by atoms with van der Waals surface area (Å²) < 4.78 is 22.4. The summed E-state index contributed by atoms with van der Waals surface area (Å²) in [6.07, 6.45) is 10.9. The SMILES string of the molecule is COC(C)OCOc1cc(C=COC(=O)c2ccccc2)ccc1C12CC3CC(CC(C3)C1)C2. The maximum atomic E-state index is 12.2. The number of carbonyl (C=O) groups excluding carboxylic acids is 1. The van der Waals surface area contributed by atoms with Gasteiger partial charge in [0.15, 0.2) is 13.1 Å². The van der Waals surface area contributed by atoms with Crippen LogP contribution in [-0.2, 0) is 19.6 Å². The highest BCUT2D eigenvalue weighted by molar-refractivity contribution is 5.89. The molecule has 0 N–H and O–H groups in total. The van der Waals surface area contributed by atoms with E-state index in [2.05, 4.69) is 12.1 Å². The van der Waals surface area contributed by atoms with Crippen LogP contribution in [-0.4, -0.2) is 26.2 Å². The first-order chi connectivity index (χ1) is 16.5. The van der Waals surface area contributed by atoms with E-state index >= 15 is 0 Å². The average molecular weight is 463 g/mol. The van der Waals surface area contributed by atoms with Gasteiger partial charge in [0.25, 0.3) is 0 Å². The van der Waals surface area contributed by atoms with Crippen LogP contribution in [0.15, 0.2) is 54.8 Å². The molecule has 4 aliphatic rings. The minimum absolute atomic E-state index is 0.129. The number of hydrogen-bond acceptors (Lipinski definition) is 5. The molecule has 4 fully saturated rings. The van der Waals surface area contributed by atoms with E-state index in [1.165, 1.54) is 50.4 Å². The van der Waals surface area contributed by atoms with Gasteiger partial charge in [-0.05, 0) is 98.5 Å². The molecular formula is C29H34O5. The Balaban J connectivity index is 1.36. The van der Waals surface area contributed by atoms with Gasteiger partial charge in [-0.1, -0.05) is 30.3 Å². The van der Waals surface area contributed by atoms with Gasteiger partial charge < -0.3 is 18.9 Å². The van der Waals surface area contributed by atoms with Gasteiger partial charge in [-0.3, -0.25) is 0 Å². The van der Waals surface area contributed by atoms with E-state index in [1.54, 1.807) is 25.3 Å². The third-order valence-corrected chi connectivity index (χ3v) is 7.91. The van der Waals surface area contributed by atoms with Crippen LogP contribution in [0.4, 0.5) is 0 Å². The van der Waals surface area contributed by atoms with Crippen LogP contribution in [0, 0.1) is 17.8 Å². The highest BCUT2D eigenvalue weighted by Gasteiger charge is 2.52. The highest BCUT2D eigenvalue weighted by atomic mass is 16.7. The molecule has 0 amide bonds. The number of esters is 1. The molecule has 2 aromatic carbocycles. The molecule has 4 saturated carbocycles. The fourth-order valence-corrected chi connectivity index (χ4v) is 6.72. The molecule has 1 atom stereocenters. The summed E-state index contributed by atoms with van der Waals surface area (Å²) in [7, 11) is 1.62. The van der Waals surface area contributed by atoms with Crippen molar-refractivity contribution in [3.8, 4) is 5.75 Å². The van der Waals surface area contributed by atoms with Crippen molar-refractivity contribution in [2.45, 2.75) is 57.2 Å². The Morgan fingerprint density at radius 2 is 1.71 bits per heavy atom. The Hall–Kier alpha value is -2.63. The Kier molecular flexibility index (Phi) is 6.75. The number of ether oxygens (including phenoxy) is 4. The zero-order chi connectivity index (χ0) is 23.5. The Morgan fingerprint density at radius 1 is 1.03 bits per heavy atom. The number of carbonyl (C=O) groups is 1. The molecule has 0 saturated heterocycles. The van der Waals surface area contributed by atoms with E-state index in [-0.39, 0.29) is 24.5 Å². The van der Waals surface area contributed by atoms with E-state index < -0.39 is 0 Å². The maximum Gasteiger partial charge on any atom is 0.342 e. The molecule has 1 unspecified atom stereocenters. The summed E-state index contributed by atoms with van der Waals surface area (Å²) in [5, 5.41) is 0. The molecule has 4 bridgehead atoms. The first-order valence-corrected chi connectivity index (χ1v) is 12.4. The molecule has 0 spiro atoms. The molecular weight excluding hydrogens is 428 g/mol. The first-order valence-electron chi connectivity index (χ1n) is 12.4. The zero-order valence-corrected chi connectivity index (χ0v) is 20.1. The van der Waals surface area contributed by atoms with E-state index in [1.807, 2.05) is 31.2 Å². The lowest BCUT2D eigenvalue weighted by Gasteiger charge is -2.57. The second kappa shape index (κ2) is 9.93. The molecule has 6 rings (SSSR count). The molecule has 2 aromatic rings. The van der Waals surface area contributed by atoms with Gasteiger partial charge in [0.1, 0.15) is 5.75 Å². The summed E-state index contributed by atoms with van der Waals surface area (Å²) >= 11 is 0. The first kappa shape index (κ1) is 23.1. The molecule has 0 radical (unpaired) electrons. The predicted molar refractivity (Wildman–Crippen MR) is 130 cm³/mol. The molecule has 0 heterocycles. The van der Waals surface area contributed by atoms with E-state index in [0.717, 1.165) is 29.1 Å². The second-order valence-electron chi connectivity index (χ2n) is 10.3. The minimum Gasteiger partial charge on any atom is -0.467 e. The lowest BCUT2D eigenvalue weighted by Crippen LogP contribution is -2.48. The number of methoxy groups -OCH3 is 1. The molecule has 5 heteroatoms. The number of rotatable bonds is 9. The van der Waals surface area contributed by atoms with Crippen molar-refractivity contribution in [2.75, 3.05) is 13.9 Å². The third-order valence-electron chi connectivity index (χ3n) is 7.91. The number of hydrogen-bond donors (Lipinski definition) is 0. The van der Waals surface area contributed by atoms with Crippen molar-refractivity contribution in [1.82, 2.24) is 0 Å². The fourth-order valence-electron chi connectivity index (χ4n) is 6.72. The average Bonchev–Trinajstić information content (AvgIpc) is 2.83. The Morgan fingerprint density at radius 3 is 2.35 bits per heavy atom. The summed E-state index contributed by atoms with van der Waals surface area (Å²) in [5.41, 5.74) is 2.96. The van der Waals surface area contributed by atoms with Gasteiger partial charge in [-0.15, -0.1) is 0 Å². The summed E-state index contributed by atoms with van der Waals surface area (Å²) in [4.78, 5) is 12.2. The van der Waals surface area contributed by atoms with Crippen LogP contribution in [0.5, 0.6) is 5.75 Å². The molecule has 180 valence electrons. The van der Waals surface area contributed by atoms with Crippen molar-refractivity contribution < 1.29 is 23.7 Å². The van der Waals surface area contributed by atoms with Crippen LogP contribution in [0.3, 0.4) is 0 Å². The van der Waals surface area contributed by atoms with Gasteiger partial charge in [0.2, 0.25) is 0 Å². The van der Waals surface area contributed by atoms with Crippen LogP contribution < -0.4 is 4.74 Å². The fraction of sp³-hybridized carbons (Fsp3) is 0.483. The maximum absolute atomic E-state index is 12.2. The summed E-state index contributed by atoms with van der Waals surface area (Å²) in [6.45, 7) is 1.98. The van der Waals surface area contributed by atoms with Gasteiger partial charge in [0.05, 0.1) is 11.8 Å². The van der Waals surface area contributed by atoms with Gasteiger partial charge in [-0.25, -0.2) is 4.79 Å². The van der Waals surface area contributed by atoms with E-state index in [9.17, 15) is 4.79 Å². The highest BCUT2D eigenvalue weighted by Crippen LogP contribution is 2.61. The Labute approximate surface area is 202 Å². The smallest absolute Gasteiger partial charge is 0.342 e. The van der Waals surface area contributed by atoms with Gasteiger partial charge >= 0.3 is 5.97 Å². The quantitative estimate of drug-likeness (QED) is 0.248. The largest absolute Gasteiger partial charge is 0.467 e. The van der Waals surface area contributed by atoms with Crippen LogP contribution in [0.1, 0.15) is 66.9 Å². The van der Waals surface area contributed by atoms with E-state index in [0.29, 0.717) is 5.56 Å². The minimum atomic E-state index is -0.375. The van der Waals surface area contributed by atoms with E-state index in [4.69, 9.17) is 18.9 Å². The van der Waals surface area contributed by atoms with Gasteiger partial charge in [-0.2, -0.15) is 0 Å². The third kappa shape index (κ3) is 4.91. The second-order valence-corrected chi connectivity index (χ2v) is 10.3. The standard InChI is InChI=1S/C29H34O5/c1-20(31-2)33-19-34-27-15-21(10-11-32-28(30)25-6-4-3-5-7-25)8-9-26(27)29-16-22-12-23(17-29)14-24(13-22)18-29/h3-11,15,20,22-24H,12-14,16-19H2,1-2H3. The molecule has 34 heavy (non-hydrogen) atoms. The Bertz CT molecular complexity index is 993. The number of benzene rings is 2. The zero-order valence-electron chi connectivity index (χ0n) is 20.1. The normalized spacial score (nSPS) is 28.2. The predicted octanol–water partition coefficient (Wildman–Crippen LogP) is 6.33. The van der Waals surface area contributed by atoms with Crippen molar-refractivity contribution in [3.05, 3.63) is 71.5 Å². The molecule has 4 aliphatic carbocycles. The van der Waals surface area contributed by atoms with Crippen molar-refractivity contribution >= 4 is 12.0 Å². The summed E-state index contributed by atoms with van der Waals surface area (Å²) in [6, 6.07) is 15.4. The van der Waals surface area contributed by atoms with Crippen LogP contribution in [0.25, 0.3) is 6.08 Å². The van der Waals surface area contributed by atoms with Crippen molar-refractivity contribution in [2.24, 2.45) is 17.8 Å². The van der Waals surface area contributed by atoms with Crippen LogP contribution >= 0.6 is 0 Å². The lowest BCUT2D eigenvalue weighted by atomic mass is 9.48. The van der Waals surface area contributed by atoms with Crippen LogP contribution in [0.2, 0.25) is 0 Å². The molecule has 0 aromatic heterocycles.